The molecule has 8 nitrogen and oxygen atoms in total. The molecule has 184 valence electrons. The standard InChI is InChI=1S/C29H23N3O5/c1-28-23(33)14-29(37-28,12-13-36-19-9-6-17(15-30)7-10-19)25-24(28)26(34)32(27(25)35)22-11-8-18(16-31)20-4-2-3-5-21(20)22/h2-11,23-25,33H,12-14H2,1H3/t23-,24?,25+,28?,29?/m1/s1. The van der Waals surface area contributed by atoms with E-state index in [1.54, 1.807) is 61.5 Å². The van der Waals surface area contributed by atoms with Crippen molar-refractivity contribution in [1.29, 1.82) is 10.5 Å². The molecule has 5 atom stereocenters. The largest absolute Gasteiger partial charge is 0.493 e. The van der Waals surface area contributed by atoms with Gasteiger partial charge < -0.3 is 14.6 Å². The molecule has 2 amide bonds. The summed E-state index contributed by atoms with van der Waals surface area (Å²) in [7, 11) is 0. The van der Waals surface area contributed by atoms with Crippen LogP contribution in [0.4, 0.5) is 5.69 Å². The molecule has 3 fully saturated rings. The summed E-state index contributed by atoms with van der Waals surface area (Å²) in [6, 6.07) is 21.4. The van der Waals surface area contributed by atoms with Crippen molar-refractivity contribution >= 4 is 28.3 Å². The summed E-state index contributed by atoms with van der Waals surface area (Å²) in [5.41, 5.74) is -0.826. The summed E-state index contributed by atoms with van der Waals surface area (Å²) in [5, 5.41) is 30.8. The minimum atomic E-state index is -1.19. The van der Waals surface area contributed by atoms with E-state index in [-0.39, 0.29) is 18.9 Å². The lowest BCUT2D eigenvalue weighted by molar-refractivity contribution is -0.134. The van der Waals surface area contributed by atoms with Crippen LogP contribution in [0.5, 0.6) is 5.75 Å². The topological polar surface area (TPSA) is 124 Å². The predicted octanol–water partition coefficient (Wildman–Crippen LogP) is 3.45. The SMILES string of the molecule is CC12OC(CCOc3ccc(C#N)cc3)(C[C@H]1O)[C@@H]1C(=O)N(c3ccc(C#N)c4ccccc34)C(=O)C12. The van der Waals surface area contributed by atoms with Gasteiger partial charge in [0.1, 0.15) is 11.4 Å². The molecule has 0 aromatic heterocycles. The van der Waals surface area contributed by atoms with E-state index in [0.29, 0.717) is 39.8 Å². The van der Waals surface area contributed by atoms with E-state index >= 15 is 0 Å². The fourth-order valence-corrected chi connectivity index (χ4v) is 6.40. The molecule has 6 rings (SSSR count). The molecule has 0 spiro atoms. The summed E-state index contributed by atoms with van der Waals surface area (Å²) in [6.07, 6.45) is -0.373. The number of benzene rings is 3. The molecular formula is C29H23N3O5. The van der Waals surface area contributed by atoms with Crippen LogP contribution in [0, 0.1) is 34.5 Å². The maximum Gasteiger partial charge on any atom is 0.240 e. The zero-order valence-electron chi connectivity index (χ0n) is 20.0. The van der Waals surface area contributed by atoms with Crippen LogP contribution >= 0.6 is 0 Å². The van der Waals surface area contributed by atoms with E-state index in [2.05, 4.69) is 12.1 Å². The van der Waals surface area contributed by atoms with Gasteiger partial charge in [0.15, 0.2) is 0 Å². The number of ether oxygens (including phenoxy) is 2. The summed E-state index contributed by atoms with van der Waals surface area (Å²) in [6.45, 7) is 1.91. The van der Waals surface area contributed by atoms with Crippen molar-refractivity contribution < 1.29 is 24.2 Å². The molecule has 37 heavy (non-hydrogen) atoms. The average molecular weight is 494 g/mol. The third-order valence-corrected chi connectivity index (χ3v) is 8.15. The van der Waals surface area contributed by atoms with Crippen molar-refractivity contribution in [2.75, 3.05) is 11.5 Å². The van der Waals surface area contributed by atoms with Crippen LogP contribution < -0.4 is 9.64 Å². The molecule has 0 saturated carbocycles. The van der Waals surface area contributed by atoms with Crippen LogP contribution in [-0.4, -0.2) is 40.8 Å². The molecule has 8 heteroatoms. The Hall–Kier alpha value is -4.24. The van der Waals surface area contributed by atoms with Gasteiger partial charge in [-0.15, -0.1) is 0 Å². The number of nitrogens with zero attached hydrogens (tertiary/aromatic N) is 3. The number of amides is 2. The van der Waals surface area contributed by atoms with Crippen LogP contribution in [0.1, 0.15) is 30.9 Å². The predicted molar refractivity (Wildman–Crippen MR) is 132 cm³/mol. The third kappa shape index (κ3) is 3.20. The lowest BCUT2D eigenvalue weighted by atomic mass is 9.66. The summed E-state index contributed by atoms with van der Waals surface area (Å²) in [4.78, 5) is 29.0. The zero-order valence-corrected chi connectivity index (χ0v) is 20.0. The summed E-state index contributed by atoms with van der Waals surface area (Å²) < 4.78 is 12.2. The Morgan fingerprint density at radius 3 is 2.41 bits per heavy atom. The van der Waals surface area contributed by atoms with E-state index in [1.807, 2.05) is 6.07 Å². The van der Waals surface area contributed by atoms with Gasteiger partial charge in [0.25, 0.3) is 0 Å². The van der Waals surface area contributed by atoms with Crippen molar-refractivity contribution in [2.24, 2.45) is 11.8 Å². The Labute approximate surface area is 213 Å². The fourth-order valence-electron chi connectivity index (χ4n) is 6.40. The highest BCUT2D eigenvalue weighted by Gasteiger charge is 2.77. The van der Waals surface area contributed by atoms with Crippen LogP contribution in [0.2, 0.25) is 0 Å². The number of rotatable bonds is 5. The van der Waals surface area contributed by atoms with Crippen LogP contribution in [-0.2, 0) is 14.3 Å². The second-order valence-corrected chi connectivity index (χ2v) is 10.1. The van der Waals surface area contributed by atoms with Gasteiger partial charge in [0, 0.05) is 23.6 Å². The summed E-state index contributed by atoms with van der Waals surface area (Å²) in [5.74, 6) is -1.77. The maximum absolute atomic E-state index is 14.0. The van der Waals surface area contributed by atoms with Crippen molar-refractivity contribution in [3.05, 3.63) is 71.8 Å². The molecule has 3 aliphatic rings. The second-order valence-electron chi connectivity index (χ2n) is 10.1. The minimum absolute atomic E-state index is 0.208. The molecule has 3 aliphatic heterocycles. The lowest BCUT2D eigenvalue weighted by Crippen LogP contribution is -2.49. The van der Waals surface area contributed by atoms with Crippen molar-refractivity contribution in [3.8, 4) is 17.9 Å². The molecule has 3 aromatic carbocycles. The van der Waals surface area contributed by atoms with Gasteiger partial charge in [-0.3, -0.25) is 9.59 Å². The van der Waals surface area contributed by atoms with Gasteiger partial charge >= 0.3 is 0 Å². The fraction of sp³-hybridized carbons (Fsp3) is 0.310. The molecule has 0 radical (unpaired) electrons. The molecule has 3 saturated heterocycles. The smallest absolute Gasteiger partial charge is 0.240 e. The maximum atomic E-state index is 14.0. The van der Waals surface area contributed by atoms with Gasteiger partial charge in [-0.2, -0.15) is 10.5 Å². The number of aliphatic hydroxyl groups excluding tert-OH is 1. The number of hydrogen-bond donors (Lipinski definition) is 1. The molecular weight excluding hydrogens is 470 g/mol. The molecule has 2 bridgehead atoms. The first-order valence-corrected chi connectivity index (χ1v) is 12.1. The van der Waals surface area contributed by atoms with Gasteiger partial charge in [-0.1, -0.05) is 24.3 Å². The highest BCUT2D eigenvalue weighted by Crippen LogP contribution is 2.62. The highest BCUT2D eigenvalue weighted by molar-refractivity contribution is 6.26. The van der Waals surface area contributed by atoms with E-state index in [1.165, 1.54) is 4.90 Å². The third-order valence-electron chi connectivity index (χ3n) is 8.15. The van der Waals surface area contributed by atoms with E-state index in [0.717, 1.165) is 0 Å². The molecule has 0 aliphatic carbocycles. The van der Waals surface area contributed by atoms with Crippen molar-refractivity contribution in [1.82, 2.24) is 0 Å². The number of anilines is 1. The number of nitriles is 2. The van der Waals surface area contributed by atoms with Crippen molar-refractivity contribution in [3.63, 3.8) is 0 Å². The first-order chi connectivity index (χ1) is 17.8. The molecule has 3 aromatic rings. The summed E-state index contributed by atoms with van der Waals surface area (Å²) >= 11 is 0. The van der Waals surface area contributed by atoms with E-state index in [4.69, 9.17) is 14.7 Å². The van der Waals surface area contributed by atoms with Crippen molar-refractivity contribution in [2.45, 2.75) is 37.1 Å². The number of carbonyl (C=O) groups is 2. The average Bonchev–Trinajstić information content (AvgIpc) is 3.44. The highest BCUT2D eigenvalue weighted by atomic mass is 16.6. The van der Waals surface area contributed by atoms with E-state index < -0.39 is 35.0 Å². The minimum Gasteiger partial charge on any atom is -0.493 e. The van der Waals surface area contributed by atoms with Crippen LogP contribution in [0.3, 0.4) is 0 Å². The Morgan fingerprint density at radius 1 is 1.00 bits per heavy atom. The first-order valence-electron chi connectivity index (χ1n) is 12.1. The second kappa shape index (κ2) is 8.14. The number of carbonyl (C=O) groups excluding carboxylic acids is 2. The van der Waals surface area contributed by atoms with Gasteiger partial charge in [0.05, 0.1) is 59.1 Å². The number of hydrogen-bond acceptors (Lipinski definition) is 7. The van der Waals surface area contributed by atoms with Gasteiger partial charge in [-0.05, 0) is 43.3 Å². The Kier molecular flexibility index (Phi) is 5.10. The number of fused-ring (bicyclic) bond motifs is 6. The van der Waals surface area contributed by atoms with Crippen LogP contribution in [0.25, 0.3) is 10.8 Å². The van der Waals surface area contributed by atoms with Crippen LogP contribution in [0.15, 0.2) is 60.7 Å². The zero-order chi connectivity index (χ0) is 25.9. The Balaban J connectivity index is 1.34. The Bertz CT molecular complexity index is 1540. The first kappa shape index (κ1) is 23.2. The van der Waals surface area contributed by atoms with Gasteiger partial charge in [-0.25, -0.2) is 4.90 Å². The van der Waals surface area contributed by atoms with E-state index in [9.17, 15) is 20.0 Å². The number of imide groups is 1. The molecule has 3 unspecified atom stereocenters. The molecule has 3 heterocycles. The monoisotopic (exact) mass is 493 g/mol. The lowest BCUT2D eigenvalue weighted by Gasteiger charge is -2.33. The number of aliphatic hydroxyl groups is 1. The molecule has 1 N–H and O–H groups in total. The Morgan fingerprint density at radius 2 is 1.70 bits per heavy atom. The quantitative estimate of drug-likeness (QED) is 0.540. The normalized spacial score (nSPS) is 29.8. The van der Waals surface area contributed by atoms with Gasteiger partial charge in [0.2, 0.25) is 11.8 Å².